The van der Waals surface area contributed by atoms with Crippen LogP contribution in [0.25, 0.3) is 10.4 Å². The first-order valence-electron chi connectivity index (χ1n) is 12.7. The number of fused-ring (bicyclic) bond motifs is 1. The number of nitrogens with zero attached hydrogens (tertiary/aromatic N) is 3. The van der Waals surface area contributed by atoms with Crippen LogP contribution in [0.3, 0.4) is 0 Å². The van der Waals surface area contributed by atoms with Crippen molar-refractivity contribution in [2.45, 2.75) is 52.4 Å². The van der Waals surface area contributed by atoms with Crippen LogP contribution >= 0.6 is 11.3 Å². The van der Waals surface area contributed by atoms with Crippen LogP contribution in [0.2, 0.25) is 0 Å². The van der Waals surface area contributed by atoms with E-state index in [-0.39, 0.29) is 50.4 Å². The third-order valence-electron chi connectivity index (χ3n) is 7.23. The molecule has 9 heteroatoms. The van der Waals surface area contributed by atoms with Crippen molar-refractivity contribution in [2.24, 2.45) is 5.92 Å². The number of Topliss-reactive ketones (excluding diaryl/α,β-unsaturated/α-hetero) is 1. The number of carbonyl (C=O) groups excluding carboxylic acids is 4. The molecule has 3 amide bonds. The lowest BCUT2D eigenvalue weighted by Gasteiger charge is -2.34. The molecule has 8 nitrogen and oxygen atoms in total. The largest absolute Gasteiger partial charge is 0.350 e. The molecule has 0 aliphatic carbocycles. The maximum Gasteiger partial charge on any atom is 0.255 e. The number of nitrogens with one attached hydrogen (secondary N) is 1. The highest BCUT2D eigenvalue weighted by Crippen LogP contribution is 2.30. The topological polar surface area (TPSA) is 99.7 Å². The Morgan fingerprint density at radius 1 is 1.11 bits per heavy atom. The summed E-state index contributed by atoms with van der Waals surface area (Å²) in [5.41, 5.74) is 6.24. The minimum Gasteiger partial charge on any atom is -0.350 e. The van der Waals surface area contributed by atoms with E-state index in [1.807, 2.05) is 62.7 Å². The fourth-order valence-corrected chi connectivity index (χ4v) is 6.08. The van der Waals surface area contributed by atoms with Gasteiger partial charge in [-0.3, -0.25) is 19.2 Å². The molecule has 0 saturated carbocycles. The van der Waals surface area contributed by atoms with Crippen molar-refractivity contribution < 1.29 is 20.6 Å². The van der Waals surface area contributed by atoms with Crippen molar-refractivity contribution in [3.05, 3.63) is 76.4 Å². The zero-order valence-electron chi connectivity index (χ0n) is 21.6. The molecule has 38 heavy (non-hydrogen) atoms. The van der Waals surface area contributed by atoms with Crippen molar-refractivity contribution in [3.63, 3.8) is 0 Å². The number of amides is 3. The molecule has 0 radical (unpaired) electrons. The molecule has 1 saturated heterocycles. The normalized spacial score (nSPS) is 17.7. The molecule has 2 atom stereocenters. The number of carbonyl (C=O) groups is 4. The van der Waals surface area contributed by atoms with Crippen LogP contribution in [0, 0.1) is 12.8 Å². The molecule has 1 N–H and O–H groups in total. The smallest absolute Gasteiger partial charge is 0.255 e. The van der Waals surface area contributed by atoms with Crippen LogP contribution in [-0.2, 0) is 27.5 Å². The highest BCUT2D eigenvalue weighted by Gasteiger charge is 2.45. The Morgan fingerprint density at radius 3 is 2.50 bits per heavy atom. The average molecular weight is 533 g/mol. The van der Waals surface area contributed by atoms with E-state index in [1.165, 1.54) is 4.90 Å². The standard InChI is InChI=1S/C29H30N4O4S.H2/c1-17(2)25(33-14-21-6-4-5-7-23(21)28(33)36)29(37)32-15-22(34)12-24(32)27(35)30-13-19-8-10-20(11-9-19)26-18(3)31-16-38-26;/h4-11,16-17,24-25H,12-15H2,1-3H3,(H,30,35);1H/t24-,25-;/m0./s1. The first-order chi connectivity index (χ1) is 18.2. The Bertz CT molecular complexity index is 1400. The Labute approximate surface area is 227 Å². The number of ketones is 1. The summed E-state index contributed by atoms with van der Waals surface area (Å²) >= 11 is 1.58. The van der Waals surface area contributed by atoms with E-state index in [2.05, 4.69) is 10.3 Å². The fraction of sp³-hybridized carbons (Fsp3) is 0.345. The number of aromatic nitrogens is 1. The second-order valence-electron chi connectivity index (χ2n) is 10.2. The molecule has 0 spiro atoms. The van der Waals surface area contributed by atoms with Crippen molar-refractivity contribution in [1.29, 1.82) is 0 Å². The summed E-state index contributed by atoms with van der Waals surface area (Å²) in [6.07, 6.45) is -0.0276. The van der Waals surface area contributed by atoms with E-state index in [9.17, 15) is 19.2 Å². The van der Waals surface area contributed by atoms with E-state index >= 15 is 0 Å². The lowest BCUT2D eigenvalue weighted by molar-refractivity contribution is -0.143. The number of hydrogen-bond donors (Lipinski definition) is 1. The number of benzene rings is 2. The highest BCUT2D eigenvalue weighted by molar-refractivity contribution is 7.13. The van der Waals surface area contributed by atoms with Crippen LogP contribution < -0.4 is 5.32 Å². The van der Waals surface area contributed by atoms with Crippen molar-refractivity contribution in [2.75, 3.05) is 6.54 Å². The van der Waals surface area contributed by atoms with Crippen LogP contribution in [0.15, 0.2) is 54.0 Å². The van der Waals surface area contributed by atoms with Gasteiger partial charge in [0.25, 0.3) is 5.91 Å². The number of thiazole rings is 1. The summed E-state index contributed by atoms with van der Waals surface area (Å²) in [5.74, 6) is -1.29. The molecule has 3 aromatic rings. The van der Waals surface area contributed by atoms with Gasteiger partial charge in [0.05, 0.1) is 22.6 Å². The lowest BCUT2D eigenvalue weighted by atomic mass is 10.0. The van der Waals surface area contributed by atoms with E-state index < -0.39 is 12.1 Å². The summed E-state index contributed by atoms with van der Waals surface area (Å²) in [6, 6.07) is 13.6. The third kappa shape index (κ3) is 4.86. The quantitative estimate of drug-likeness (QED) is 0.499. The monoisotopic (exact) mass is 532 g/mol. The first kappa shape index (κ1) is 25.8. The fourth-order valence-electron chi connectivity index (χ4n) is 5.27. The zero-order chi connectivity index (χ0) is 27.0. The van der Waals surface area contributed by atoms with Crippen LogP contribution in [-0.4, -0.2) is 56.9 Å². The van der Waals surface area contributed by atoms with E-state index in [0.29, 0.717) is 12.1 Å². The molecule has 2 aliphatic rings. The van der Waals surface area contributed by atoms with Crippen LogP contribution in [0.1, 0.15) is 48.9 Å². The summed E-state index contributed by atoms with van der Waals surface area (Å²) in [6.45, 7) is 6.21. The minimum atomic E-state index is -0.893. The number of rotatable bonds is 7. The Hall–Kier alpha value is -3.85. The second-order valence-corrected chi connectivity index (χ2v) is 11.0. The van der Waals surface area contributed by atoms with Gasteiger partial charge in [0, 0.05) is 26.5 Å². The van der Waals surface area contributed by atoms with Gasteiger partial charge in [0.1, 0.15) is 12.1 Å². The van der Waals surface area contributed by atoms with Gasteiger partial charge in [-0.15, -0.1) is 11.3 Å². The summed E-state index contributed by atoms with van der Waals surface area (Å²) in [5, 5.41) is 2.90. The molecular weight excluding hydrogens is 500 g/mol. The SMILES string of the molecule is Cc1ncsc1-c1ccc(CNC(=O)[C@@H]2CC(=O)CN2C(=O)[C@H](C(C)C)N2Cc3ccccc3C2=O)cc1.[HH]. The predicted octanol–water partition coefficient (Wildman–Crippen LogP) is 3.83. The maximum absolute atomic E-state index is 13.8. The molecule has 1 aromatic heterocycles. The molecule has 198 valence electrons. The maximum atomic E-state index is 13.8. The molecular formula is C29H32N4O4S. The van der Waals surface area contributed by atoms with Gasteiger partial charge in [-0.1, -0.05) is 56.3 Å². The van der Waals surface area contributed by atoms with Crippen molar-refractivity contribution >= 4 is 34.8 Å². The Balaban J connectivity index is 0.00000353. The summed E-state index contributed by atoms with van der Waals surface area (Å²) in [4.78, 5) is 60.8. The first-order valence-corrected chi connectivity index (χ1v) is 13.6. The Morgan fingerprint density at radius 2 is 1.84 bits per heavy atom. The molecule has 2 aliphatic heterocycles. The molecule has 2 aromatic carbocycles. The van der Waals surface area contributed by atoms with Crippen LogP contribution in [0.5, 0.6) is 0 Å². The third-order valence-corrected chi connectivity index (χ3v) is 8.21. The van der Waals surface area contributed by atoms with Crippen molar-refractivity contribution in [1.82, 2.24) is 20.1 Å². The summed E-state index contributed by atoms with van der Waals surface area (Å²) in [7, 11) is 0. The van der Waals surface area contributed by atoms with Gasteiger partial charge in [-0.2, -0.15) is 0 Å². The molecule has 3 heterocycles. The van der Waals surface area contributed by atoms with Gasteiger partial charge in [-0.25, -0.2) is 4.98 Å². The molecule has 5 rings (SSSR count). The average Bonchev–Trinajstić information content (AvgIpc) is 3.60. The lowest BCUT2D eigenvalue weighted by Crippen LogP contribution is -2.55. The second kappa shape index (κ2) is 10.5. The van der Waals surface area contributed by atoms with E-state index in [4.69, 9.17) is 0 Å². The van der Waals surface area contributed by atoms with Crippen LogP contribution in [0.4, 0.5) is 0 Å². The van der Waals surface area contributed by atoms with Gasteiger partial charge in [0.15, 0.2) is 5.78 Å². The highest BCUT2D eigenvalue weighted by atomic mass is 32.1. The number of aryl methyl sites for hydroxylation is 1. The predicted molar refractivity (Wildman–Crippen MR) is 146 cm³/mol. The molecule has 0 bridgehead atoms. The molecule has 0 unspecified atom stereocenters. The van der Waals surface area contributed by atoms with E-state index in [0.717, 1.165) is 27.3 Å². The number of likely N-dealkylation sites (tertiary alicyclic amines) is 1. The van der Waals surface area contributed by atoms with Gasteiger partial charge >= 0.3 is 0 Å². The zero-order valence-corrected chi connectivity index (χ0v) is 22.5. The molecule has 1 fully saturated rings. The van der Waals surface area contributed by atoms with Gasteiger partial charge in [0.2, 0.25) is 11.8 Å². The van der Waals surface area contributed by atoms with Gasteiger partial charge < -0.3 is 15.1 Å². The van der Waals surface area contributed by atoms with Crippen molar-refractivity contribution in [3.8, 4) is 10.4 Å². The Kier molecular flexibility index (Phi) is 7.12. The summed E-state index contributed by atoms with van der Waals surface area (Å²) < 4.78 is 0. The van der Waals surface area contributed by atoms with Gasteiger partial charge in [-0.05, 0) is 35.6 Å². The number of hydrogen-bond acceptors (Lipinski definition) is 6. The van der Waals surface area contributed by atoms with E-state index in [1.54, 1.807) is 28.4 Å². The minimum absolute atomic E-state index is 0.